The summed E-state index contributed by atoms with van der Waals surface area (Å²) >= 11 is 0. The van der Waals surface area contributed by atoms with Gasteiger partial charge < -0.3 is 18.9 Å². The van der Waals surface area contributed by atoms with Crippen LogP contribution in [0.2, 0.25) is 0 Å². The molecular formula is C16H22N2O7S. The topological polar surface area (TPSA) is 136 Å². The maximum atomic E-state index is 12.0. The predicted molar refractivity (Wildman–Crippen MR) is 91.9 cm³/mol. The number of hydrogen-bond acceptors (Lipinski definition) is 7. The first-order valence-electron chi connectivity index (χ1n) is 7.44. The van der Waals surface area contributed by atoms with E-state index in [1.165, 1.54) is 7.11 Å². The monoisotopic (exact) mass is 386 g/mol. The molecule has 0 amide bonds. The van der Waals surface area contributed by atoms with E-state index >= 15 is 0 Å². The summed E-state index contributed by atoms with van der Waals surface area (Å²) in [7, 11) is -0.214. The fourth-order valence-electron chi connectivity index (χ4n) is 2.15. The van der Waals surface area contributed by atoms with E-state index in [1.807, 2.05) is 37.3 Å². The van der Waals surface area contributed by atoms with E-state index in [9.17, 15) is 9.90 Å². The minimum Gasteiger partial charge on any atom is -0.759 e. The van der Waals surface area contributed by atoms with Crippen LogP contribution in [0.5, 0.6) is 0 Å². The van der Waals surface area contributed by atoms with Gasteiger partial charge in [-0.25, -0.2) is 0 Å². The first kappa shape index (κ1) is 21.9. The standard InChI is InChI=1S/C16H21N2O3.H2O4S/c1-12-11-14(18(3)15(19)17(12)2)6-5-13-7-9-16(20,21-4)10-8-13;1-5(2,3)4/h5-11,13,20H,1-4H3;(H2,1,2,3,4)/q+1;/p-1/b6-5+;. The van der Waals surface area contributed by atoms with E-state index in [4.69, 9.17) is 22.3 Å². The summed E-state index contributed by atoms with van der Waals surface area (Å²) in [6, 6.07) is 1.96. The van der Waals surface area contributed by atoms with Crippen molar-refractivity contribution in [3.05, 3.63) is 58.3 Å². The molecule has 9 nitrogen and oxygen atoms in total. The minimum atomic E-state index is -5.17. The van der Waals surface area contributed by atoms with Crippen LogP contribution in [-0.4, -0.2) is 40.1 Å². The molecule has 2 rings (SSSR count). The number of hydrogen-bond donors (Lipinski definition) is 1. The highest BCUT2D eigenvalue weighted by Gasteiger charge is 2.21. The molecule has 1 aliphatic rings. The third kappa shape index (κ3) is 6.65. The van der Waals surface area contributed by atoms with Crippen molar-refractivity contribution in [1.82, 2.24) is 4.57 Å². The smallest absolute Gasteiger partial charge is 0.759 e. The zero-order valence-corrected chi connectivity index (χ0v) is 15.6. The molecule has 1 N–H and O–H groups in total. The van der Waals surface area contributed by atoms with Gasteiger partial charge in [0.1, 0.15) is 11.4 Å². The zero-order chi connectivity index (χ0) is 20.1. The number of nitrogens with zero attached hydrogens (tertiary/aromatic N) is 2. The Labute approximate surface area is 153 Å². The molecule has 1 aromatic heterocycles. The van der Waals surface area contributed by atoms with Crippen molar-refractivity contribution < 1.29 is 33.4 Å². The lowest BCUT2D eigenvalue weighted by atomic mass is 9.99. The second-order valence-corrected chi connectivity index (χ2v) is 6.45. The Bertz CT molecular complexity index is 882. The molecule has 0 spiro atoms. The highest BCUT2D eigenvalue weighted by Crippen LogP contribution is 2.20. The average molecular weight is 386 g/mol. The molecular weight excluding hydrogens is 364 g/mol. The van der Waals surface area contributed by atoms with Gasteiger partial charge in [0, 0.05) is 29.5 Å². The summed E-state index contributed by atoms with van der Waals surface area (Å²) in [5.41, 5.74) is 1.68. The van der Waals surface area contributed by atoms with Crippen LogP contribution in [0.3, 0.4) is 0 Å². The van der Waals surface area contributed by atoms with Crippen molar-refractivity contribution in [2.75, 3.05) is 7.11 Å². The van der Waals surface area contributed by atoms with Gasteiger partial charge in [0.2, 0.25) is 5.79 Å². The molecule has 0 aromatic carbocycles. The molecule has 0 saturated carbocycles. The molecule has 1 heterocycles. The van der Waals surface area contributed by atoms with Crippen molar-refractivity contribution in [2.24, 2.45) is 20.0 Å². The van der Waals surface area contributed by atoms with Gasteiger partial charge in [-0.15, -0.1) is 0 Å². The van der Waals surface area contributed by atoms with Gasteiger partial charge in [0.25, 0.3) is 0 Å². The number of aliphatic hydroxyl groups is 1. The predicted octanol–water partition coefficient (Wildman–Crippen LogP) is -0.617. The fraction of sp³-hybridized carbons (Fsp3) is 0.375. The summed E-state index contributed by atoms with van der Waals surface area (Å²) in [5, 5.41) is 9.86. The Morgan fingerprint density at radius 1 is 1.38 bits per heavy atom. The van der Waals surface area contributed by atoms with Crippen LogP contribution in [0.15, 0.2) is 41.2 Å². The SMILES string of the molecule is COC1(O)C=CC(/C=C/c2cc(C)[n+](C)c(=O)n2C)C=C1.O=S(=O)([O-])[O-].[H+]. The minimum absolute atomic E-state index is 0. The summed E-state index contributed by atoms with van der Waals surface area (Å²) in [4.78, 5) is 12.0. The van der Waals surface area contributed by atoms with Crippen LogP contribution >= 0.6 is 0 Å². The van der Waals surface area contributed by atoms with Crippen LogP contribution < -0.4 is 10.3 Å². The average Bonchev–Trinajstić information content (AvgIpc) is 2.55. The Morgan fingerprint density at radius 2 is 1.88 bits per heavy atom. The molecule has 1 aliphatic carbocycles. The van der Waals surface area contributed by atoms with Crippen LogP contribution in [0.25, 0.3) is 6.08 Å². The third-order valence-electron chi connectivity index (χ3n) is 3.78. The summed E-state index contributed by atoms with van der Waals surface area (Å²) in [6.45, 7) is 1.90. The summed E-state index contributed by atoms with van der Waals surface area (Å²) in [6.07, 6.45) is 10.8. The molecule has 10 heteroatoms. The number of ether oxygens (including phenoxy) is 1. The number of rotatable bonds is 3. The Balaban J connectivity index is 0.00000100. The second kappa shape index (κ2) is 8.52. The van der Waals surface area contributed by atoms with Crippen LogP contribution in [0.1, 0.15) is 12.8 Å². The molecule has 0 saturated heterocycles. The maximum Gasteiger partial charge on any atom is 1.00 e. The highest BCUT2D eigenvalue weighted by molar-refractivity contribution is 7.79. The van der Waals surface area contributed by atoms with Crippen LogP contribution in [-0.2, 0) is 29.2 Å². The number of aryl methyl sites for hydroxylation is 1. The van der Waals surface area contributed by atoms with Crippen LogP contribution in [0.4, 0.5) is 0 Å². The van der Waals surface area contributed by atoms with Crippen molar-refractivity contribution in [2.45, 2.75) is 12.7 Å². The molecule has 0 bridgehead atoms. The normalized spacial score (nSPS) is 22.3. The Kier molecular flexibility index (Phi) is 7.18. The third-order valence-corrected chi connectivity index (χ3v) is 3.78. The fourth-order valence-corrected chi connectivity index (χ4v) is 2.15. The Hall–Kier alpha value is -2.11. The molecule has 144 valence electrons. The zero-order valence-electron chi connectivity index (χ0n) is 15.8. The molecule has 0 unspecified atom stereocenters. The van der Waals surface area contributed by atoms with E-state index in [0.717, 1.165) is 11.4 Å². The highest BCUT2D eigenvalue weighted by atomic mass is 32.3. The quantitative estimate of drug-likeness (QED) is 0.240. The summed E-state index contributed by atoms with van der Waals surface area (Å²) in [5.74, 6) is -1.25. The molecule has 26 heavy (non-hydrogen) atoms. The second-order valence-electron chi connectivity index (χ2n) is 5.63. The lowest BCUT2D eigenvalue weighted by Crippen LogP contribution is -2.53. The molecule has 1 aromatic rings. The Morgan fingerprint density at radius 3 is 2.35 bits per heavy atom. The van der Waals surface area contributed by atoms with Gasteiger partial charge in [-0.2, -0.15) is 13.9 Å². The number of methoxy groups -OCH3 is 1. The van der Waals surface area contributed by atoms with E-state index in [2.05, 4.69) is 0 Å². The van der Waals surface area contributed by atoms with Crippen molar-refractivity contribution in [3.63, 3.8) is 0 Å². The van der Waals surface area contributed by atoms with Gasteiger partial charge in [-0.05, 0) is 25.2 Å². The van der Waals surface area contributed by atoms with Gasteiger partial charge in [0.15, 0.2) is 0 Å². The first-order chi connectivity index (χ1) is 11.9. The van der Waals surface area contributed by atoms with E-state index in [-0.39, 0.29) is 13.0 Å². The first-order valence-corrected chi connectivity index (χ1v) is 8.77. The van der Waals surface area contributed by atoms with Gasteiger partial charge in [-0.3, -0.25) is 8.42 Å². The summed E-state index contributed by atoms with van der Waals surface area (Å²) < 4.78 is 42.3. The number of aromatic nitrogens is 2. The van der Waals surface area contributed by atoms with Crippen molar-refractivity contribution in [1.29, 1.82) is 0 Å². The van der Waals surface area contributed by atoms with Gasteiger partial charge >= 0.3 is 7.12 Å². The molecule has 0 fully saturated rings. The van der Waals surface area contributed by atoms with E-state index in [1.54, 1.807) is 35.4 Å². The number of allylic oxidation sites excluding steroid dienone is 3. The largest absolute Gasteiger partial charge is 1.00 e. The van der Waals surface area contributed by atoms with E-state index < -0.39 is 16.2 Å². The molecule has 0 aliphatic heterocycles. The van der Waals surface area contributed by atoms with Gasteiger partial charge in [0.05, 0.1) is 14.1 Å². The van der Waals surface area contributed by atoms with Crippen molar-refractivity contribution >= 4 is 16.5 Å². The molecule has 0 atom stereocenters. The van der Waals surface area contributed by atoms with Gasteiger partial charge in [-0.1, -0.05) is 18.2 Å². The van der Waals surface area contributed by atoms with Crippen LogP contribution in [0, 0.1) is 12.8 Å². The lowest BCUT2D eigenvalue weighted by molar-refractivity contribution is -0.696. The van der Waals surface area contributed by atoms with Crippen molar-refractivity contribution in [3.8, 4) is 0 Å². The molecule has 0 radical (unpaired) electrons. The maximum absolute atomic E-state index is 12.0. The van der Waals surface area contributed by atoms with E-state index in [0.29, 0.717) is 0 Å². The lowest BCUT2D eigenvalue weighted by Gasteiger charge is -2.22.